The Morgan fingerprint density at radius 3 is 2.88 bits per heavy atom. The second-order valence-corrected chi connectivity index (χ2v) is 8.63. The summed E-state index contributed by atoms with van der Waals surface area (Å²) in [7, 11) is -3.03. The molecule has 3 rings (SSSR count). The topological polar surface area (TPSA) is 97.4 Å². The van der Waals surface area contributed by atoms with Gasteiger partial charge < -0.3 is 15.4 Å². The SMILES string of the molecule is O=C(COc1cccc(Nc2cc(Cl)ccn2)c1)NC1CCS(=O)(=O)C1. The number of carbonyl (C=O) groups is 1. The predicted molar refractivity (Wildman–Crippen MR) is 99.7 cm³/mol. The summed E-state index contributed by atoms with van der Waals surface area (Å²) in [6.07, 6.45) is 2.04. The van der Waals surface area contributed by atoms with E-state index in [2.05, 4.69) is 15.6 Å². The van der Waals surface area contributed by atoms with E-state index in [1.807, 2.05) is 6.07 Å². The number of ether oxygens (including phenoxy) is 1. The summed E-state index contributed by atoms with van der Waals surface area (Å²) in [6.45, 7) is -0.185. The highest BCUT2D eigenvalue weighted by molar-refractivity contribution is 7.91. The molecule has 1 aromatic heterocycles. The van der Waals surface area contributed by atoms with Crippen molar-refractivity contribution >= 4 is 38.9 Å². The number of rotatable bonds is 6. The number of nitrogens with zero attached hydrogens (tertiary/aromatic N) is 1. The number of hydrogen-bond donors (Lipinski definition) is 2. The van der Waals surface area contributed by atoms with Crippen LogP contribution in [0.25, 0.3) is 0 Å². The highest BCUT2D eigenvalue weighted by Gasteiger charge is 2.28. The lowest BCUT2D eigenvalue weighted by Gasteiger charge is -2.12. The molecule has 1 unspecified atom stereocenters. The fraction of sp³-hybridized carbons (Fsp3) is 0.294. The number of carbonyl (C=O) groups excluding carboxylic acids is 1. The molecule has 9 heteroatoms. The fourth-order valence-corrected chi connectivity index (χ4v) is 4.44. The molecule has 1 atom stereocenters. The normalized spacial score (nSPS) is 18.3. The van der Waals surface area contributed by atoms with E-state index >= 15 is 0 Å². The molecule has 2 heterocycles. The number of halogens is 1. The van der Waals surface area contributed by atoms with Crippen LogP contribution in [0.5, 0.6) is 5.75 Å². The van der Waals surface area contributed by atoms with Crippen molar-refractivity contribution in [2.24, 2.45) is 0 Å². The van der Waals surface area contributed by atoms with Gasteiger partial charge in [0.1, 0.15) is 11.6 Å². The average Bonchev–Trinajstić information content (AvgIpc) is 2.92. The molecule has 7 nitrogen and oxygen atoms in total. The Balaban J connectivity index is 1.53. The van der Waals surface area contributed by atoms with Crippen LogP contribution in [0.2, 0.25) is 5.02 Å². The van der Waals surface area contributed by atoms with Gasteiger partial charge in [0.15, 0.2) is 16.4 Å². The lowest BCUT2D eigenvalue weighted by Crippen LogP contribution is -2.38. The monoisotopic (exact) mass is 395 g/mol. The Bertz CT molecular complexity index is 904. The van der Waals surface area contributed by atoms with E-state index in [4.69, 9.17) is 16.3 Å². The van der Waals surface area contributed by atoms with Gasteiger partial charge in [0.25, 0.3) is 5.91 Å². The van der Waals surface area contributed by atoms with Crippen molar-refractivity contribution in [3.8, 4) is 5.75 Å². The maximum absolute atomic E-state index is 11.9. The smallest absolute Gasteiger partial charge is 0.258 e. The minimum atomic E-state index is -3.03. The van der Waals surface area contributed by atoms with Crippen molar-refractivity contribution in [2.75, 3.05) is 23.4 Å². The van der Waals surface area contributed by atoms with E-state index in [-0.39, 0.29) is 30.1 Å². The second kappa shape index (κ2) is 7.92. The molecular weight excluding hydrogens is 378 g/mol. The van der Waals surface area contributed by atoms with Crippen LogP contribution in [0.4, 0.5) is 11.5 Å². The van der Waals surface area contributed by atoms with Crippen molar-refractivity contribution in [2.45, 2.75) is 12.5 Å². The van der Waals surface area contributed by atoms with Crippen molar-refractivity contribution in [3.05, 3.63) is 47.6 Å². The highest BCUT2D eigenvalue weighted by atomic mass is 35.5. The van der Waals surface area contributed by atoms with Gasteiger partial charge in [0.05, 0.1) is 11.5 Å². The van der Waals surface area contributed by atoms with Crippen LogP contribution in [0.15, 0.2) is 42.6 Å². The van der Waals surface area contributed by atoms with Crippen molar-refractivity contribution in [1.82, 2.24) is 10.3 Å². The summed E-state index contributed by atoms with van der Waals surface area (Å²) in [5.74, 6) is 0.859. The summed E-state index contributed by atoms with van der Waals surface area (Å²) in [5, 5.41) is 6.35. The van der Waals surface area contributed by atoms with E-state index in [0.29, 0.717) is 23.0 Å². The molecule has 1 aromatic carbocycles. The van der Waals surface area contributed by atoms with E-state index in [0.717, 1.165) is 5.69 Å². The largest absolute Gasteiger partial charge is 0.484 e. The summed E-state index contributed by atoms with van der Waals surface area (Å²) in [6, 6.07) is 10.1. The molecule has 1 saturated heterocycles. The molecule has 1 amide bonds. The van der Waals surface area contributed by atoms with Gasteiger partial charge in [-0.15, -0.1) is 0 Å². The lowest BCUT2D eigenvalue weighted by molar-refractivity contribution is -0.123. The Morgan fingerprint density at radius 1 is 1.31 bits per heavy atom. The Morgan fingerprint density at radius 2 is 2.15 bits per heavy atom. The Labute approximate surface area is 156 Å². The summed E-state index contributed by atoms with van der Waals surface area (Å²) in [5.41, 5.74) is 0.736. The zero-order chi connectivity index (χ0) is 18.6. The van der Waals surface area contributed by atoms with Crippen molar-refractivity contribution in [3.63, 3.8) is 0 Å². The highest BCUT2D eigenvalue weighted by Crippen LogP contribution is 2.22. The number of hydrogen-bond acceptors (Lipinski definition) is 6. The standard InChI is InChI=1S/C17H18ClN3O4S/c18-12-4-6-19-16(8-12)20-13-2-1-3-15(9-13)25-10-17(22)21-14-5-7-26(23,24)11-14/h1-4,6,8-9,14H,5,7,10-11H2,(H,19,20)(H,21,22). The fourth-order valence-electron chi connectivity index (χ4n) is 2.61. The van der Waals surface area contributed by atoms with Crippen molar-refractivity contribution < 1.29 is 17.9 Å². The molecule has 26 heavy (non-hydrogen) atoms. The Hall–Kier alpha value is -2.32. The first-order chi connectivity index (χ1) is 12.4. The first kappa shape index (κ1) is 18.5. The minimum Gasteiger partial charge on any atom is -0.484 e. The minimum absolute atomic E-state index is 0.00915. The molecular formula is C17H18ClN3O4S. The number of anilines is 2. The average molecular weight is 396 g/mol. The maximum Gasteiger partial charge on any atom is 0.258 e. The number of aromatic nitrogens is 1. The van der Waals surface area contributed by atoms with Crippen LogP contribution in [0, 0.1) is 0 Å². The van der Waals surface area contributed by atoms with Crippen LogP contribution in [0.1, 0.15) is 6.42 Å². The van der Waals surface area contributed by atoms with Crippen LogP contribution in [0.3, 0.4) is 0 Å². The third kappa shape index (κ3) is 5.34. The van der Waals surface area contributed by atoms with Crippen LogP contribution in [-0.4, -0.2) is 43.5 Å². The number of amides is 1. The summed E-state index contributed by atoms with van der Waals surface area (Å²) in [4.78, 5) is 16.1. The van der Waals surface area contributed by atoms with E-state index in [9.17, 15) is 13.2 Å². The van der Waals surface area contributed by atoms with Gasteiger partial charge in [0, 0.05) is 29.0 Å². The first-order valence-electron chi connectivity index (χ1n) is 8.01. The summed E-state index contributed by atoms with van der Waals surface area (Å²) >= 11 is 5.93. The molecule has 0 spiro atoms. The van der Waals surface area contributed by atoms with Crippen LogP contribution >= 0.6 is 11.6 Å². The predicted octanol–water partition coefficient (Wildman–Crippen LogP) is 2.16. The lowest BCUT2D eigenvalue weighted by atomic mass is 10.2. The van der Waals surface area contributed by atoms with Gasteiger partial charge in [-0.05, 0) is 30.7 Å². The molecule has 0 saturated carbocycles. The van der Waals surface area contributed by atoms with Gasteiger partial charge in [-0.2, -0.15) is 0 Å². The molecule has 2 N–H and O–H groups in total. The molecule has 2 aromatic rings. The molecule has 1 fully saturated rings. The van der Waals surface area contributed by atoms with Gasteiger partial charge in [-0.25, -0.2) is 13.4 Å². The van der Waals surface area contributed by atoms with Gasteiger partial charge in [0.2, 0.25) is 0 Å². The third-order valence-electron chi connectivity index (χ3n) is 3.80. The first-order valence-corrected chi connectivity index (χ1v) is 10.2. The number of benzene rings is 1. The van der Waals surface area contributed by atoms with Crippen LogP contribution in [-0.2, 0) is 14.6 Å². The van der Waals surface area contributed by atoms with E-state index in [1.54, 1.807) is 36.5 Å². The number of pyridine rings is 1. The third-order valence-corrected chi connectivity index (χ3v) is 5.80. The maximum atomic E-state index is 11.9. The van der Waals surface area contributed by atoms with Crippen molar-refractivity contribution in [1.29, 1.82) is 0 Å². The molecule has 0 bridgehead atoms. The number of sulfone groups is 1. The molecule has 0 radical (unpaired) electrons. The second-order valence-electron chi connectivity index (χ2n) is 5.97. The van der Waals surface area contributed by atoms with Gasteiger partial charge in [-0.1, -0.05) is 17.7 Å². The van der Waals surface area contributed by atoms with E-state index in [1.165, 1.54) is 0 Å². The zero-order valence-electron chi connectivity index (χ0n) is 13.8. The molecule has 1 aliphatic heterocycles. The molecule has 1 aliphatic rings. The molecule has 138 valence electrons. The Kier molecular flexibility index (Phi) is 5.63. The van der Waals surface area contributed by atoms with E-state index < -0.39 is 9.84 Å². The van der Waals surface area contributed by atoms with Gasteiger partial charge >= 0.3 is 0 Å². The number of nitrogens with one attached hydrogen (secondary N) is 2. The summed E-state index contributed by atoms with van der Waals surface area (Å²) < 4.78 is 28.3. The van der Waals surface area contributed by atoms with Gasteiger partial charge in [-0.3, -0.25) is 4.79 Å². The zero-order valence-corrected chi connectivity index (χ0v) is 15.4. The van der Waals surface area contributed by atoms with Crippen LogP contribution < -0.4 is 15.4 Å². The quantitative estimate of drug-likeness (QED) is 0.777. The molecule has 0 aliphatic carbocycles.